The first-order chi connectivity index (χ1) is 8.60. The summed E-state index contributed by atoms with van der Waals surface area (Å²) in [6.07, 6.45) is -0.457. The number of carbonyl (C=O) groups excluding carboxylic acids is 1. The summed E-state index contributed by atoms with van der Waals surface area (Å²) in [4.78, 5) is 11.5. The van der Waals surface area contributed by atoms with E-state index in [4.69, 9.17) is 16.2 Å². The van der Waals surface area contributed by atoms with Crippen LogP contribution >= 0.6 is 0 Å². The van der Waals surface area contributed by atoms with Crippen molar-refractivity contribution in [2.24, 2.45) is 11.5 Å². The quantitative estimate of drug-likeness (QED) is 0.607. The first-order valence-electron chi connectivity index (χ1n) is 5.91. The molecule has 0 fully saturated rings. The summed E-state index contributed by atoms with van der Waals surface area (Å²) < 4.78 is 5.46. The Bertz CT molecular complexity index is 450. The topological polar surface area (TPSA) is 102 Å². The number of anilines is 2. The molecule has 1 aliphatic rings. The van der Waals surface area contributed by atoms with Crippen LogP contribution in [0.5, 0.6) is 5.75 Å². The minimum atomic E-state index is -0.457. The van der Waals surface area contributed by atoms with Crippen LogP contribution in [-0.2, 0) is 4.79 Å². The average Bonchev–Trinajstić information content (AvgIpc) is 2.37. The summed E-state index contributed by atoms with van der Waals surface area (Å²) in [6.45, 7) is 2.72. The summed E-state index contributed by atoms with van der Waals surface area (Å²) in [7, 11) is 0. The van der Waals surface area contributed by atoms with E-state index in [1.165, 1.54) is 0 Å². The van der Waals surface area contributed by atoms with Gasteiger partial charge in [0.2, 0.25) is 0 Å². The molecule has 0 radical (unpaired) electrons. The Kier molecular flexibility index (Phi) is 3.69. The van der Waals surface area contributed by atoms with Crippen molar-refractivity contribution in [2.75, 3.05) is 23.7 Å². The lowest BCUT2D eigenvalue weighted by molar-refractivity contribution is -0.122. The number of carbonyl (C=O) groups is 1. The Morgan fingerprint density at radius 1 is 1.56 bits per heavy atom. The van der Waals surface area contributed by atoms with Crippen LogP contribution in [0.3, 0.4) is 0 Å². The summed E-state index contributed by atoms with van der Waals surface area (Å²) in [6, 6.07) is 5.43. The van der Waals surface area contributed by atoms with Crippen molar-refractivity contribution in [3.63, 3.8) is 0 Å². The van der Waals surface area contributed by atoms with Crippen LogP contribution < -0.4 is 26.8 Å². The maximum absolute atomic E-state index is 11.5. The Hall–Kier alpha value is -1.79. The molecule has 2 rings (SSSR count). The van der Waals surface area contributed by atoms with Crippen LogP contribution in [0.1, 0.15) is 6.92 Å². The molecule has 1 heterocycles. The molecule has 6 N–H and O–H groups in total. The van der Waals surface area contributed by atoms with Crippen molar-refractivity contribution in [1.29, 1.82) is 0 Å². The van der Waals surface area contributed by atoms with E-state index in [-0.39, 0.29) is 11.9 Å². The van der Waals surface area contributed by atoms with Gasteiger partial charge < -0.3 is 26.8 Å². The second-order valence-electron chi connectivity index (χ2n) is 4.34. The van der Waals surface area contributed by atoms with E-state index < -0.39 is 6.10 Å². The Morgan fingerprint density at radius 3 is 3.06 bits per heavy atom. The molecule has 0 aliphatic carbocycles. The summed E-state index contributed by atoms with van der Waals surface area (Å²) >= 11 is 0. The number of ether oxygens (including phenoxy) is 1. The molecule has 6 nitrogen and oxygen atoms in total. The van der Waals surface area contributed by atoms with Gasteiger partial charge in [0.25, 0.3) is 5.91 Å². The van der Waals surface area contributed by atoms with E-state index in [2.05, 4.69) is 10.6 Å². The lowest BCUT2D eigenvalue weighted by atomic mass is 10.2. The molecule has 98 valence electrons. The highest BCUT2D eigenvalue weighted by Gasteiger charge is 2.23. The third kappa shape index (κ3) is 2.72. The van der Waals surface area contributed by atoms with Gasteiger partial charge >= 0.3 is 0 Å². The summed E-state index contributed by atoms with van der Waals surface area (Å²) in [5.74, 6) is 0.536. The number of amides is 1. The first kappa shape index (κ1) is 12.7. The molecule has 6 heteroatoms. The molecule has 0 spiro atoms. The van der Waals surface area contributed by atoms with Gasteiger partial charge in [-0.15, -0.1) is 0 Å². The second kappa shape index (κ2) is 5.24. The van der Waals surface area contributed by atoms with E-state index in [9.17, 15) is 4.79 Å². The van der Waals surface area contributed by atoms with Crippen LogP contribution in [-0.4, -0.2) is 31.1 Å². The largest absolute Gasteiger partial charge is 0.479 e. The molecule has 0 saturated heterocycles. The first-order valence-corrected chi connectivity index (χ1v) is 5.91. The van der Waals surface area contributed by atoms with Crippen LogP contribution in [0.4, 0.5) is 11.4 Å². The van der Waals surface area contributed by atoms with E-state index in [1.54, 1.807) is 6.92 Å². The predicted molar refractivity (Wildman–Crippen MR) is 70.7 cm³/mol. The maximum Gasteiger partial charge on any atom is 0.265 e. The summed E-state index contributed by atoms with van der Waals surface area (Å²) in [5.41, 5.74) is 12.7. The molecule has 1 aliphatic heterocycles. The average molecular weight is 250 g/mol. The Balaban J connectivity index is 2.08. The van der Waals surface area contributed by atoms with Gasteiger partial charge in [0.05, 0.1) is 5.69 Å². The number of nitrogens with two attached hydrogens (primary N) is 2. The molecule has 0 aromatic heterocycles. The Labute approximate surface area is 106 Å². The highest BCUT2D eigenvalue weighted by Crippen LogP contribution is 2.31. The standard InChI is InChI=1S/C12H18N4O2/c1-7-12(17)16-10-4-9(2-3-11(10)18-7)15-6-8(14)5-13/h2-4,7-8,15H,5-6,13-14H2,1H3,(H,16,17). The highest BCUT2D eigenvalue weighted by atomic mass is 16.5. The van der Waals surface area contributed by atoms with Gasteiger partial charge in [-0.1, -0.05) is 0 Å². The molecule has 1 aromatic rings. The highest BCUT2D eigenvalue weighted by molar-refractivity contribution is 5.98. The van der Waals surface area contributed by atoms with Crippen LogP contribution in [0.15, 0.2) is 18.2 Å². The molecule has 0 bridgehead atoms. The van der Waals surface area contributed by atoms with Crippen LogP contribution in [0.2, 0.25) is 0 Å². The van der Waals surface area contributed by atoms with Gasteiger partial charge in [0, 0.05) is 24.8 Å². The monoisotopic (exact) mass is 250 g/mol. The molecule has 1 amide bonds. The number of fused-ring (bicyclic) bond motifs is 1. The number of hydrogen-bond acceptors (Lipinski definition) is 5. The van der Waals surface area contributed by atoms with Crippen molar-refractivity contribution >= 4 is 17.3 Å². The lowest BCUT2D eigenvalue weighted by Crippen LogP contribution is -2.36. The van der Waals surface area contributed by atoms with Crippen molar-refractivity contribution in [3.05, 3.63) is 18.2 Å². The Morgan fingerprint density at radius 2 is 2.33 bits per heavy atom. The number of benzene rings is 1. The number of nitrogens with one attached hydrogen (secondary N) is 2. The van der Waals surface area contributed by atoms with Crippen molar-refractivity contribution in [1.82, 2.24) is 0 Å². The third-order valence-corrected chi connectivity index (χ3v) is 2.78. The van der Waals surface area contributed by atoms with Gasteiger partial charge in [-0.25, -0.2) is 0 Å². The zero-order valence-corrected chi connectivity index (χ0v) is 10.3. The van der Waals surface area contributed by atoms with Crippen LogP contribution in [0.25, 0.3) is 0 Å². The second-order valence-corrected chi connectivity index (χ2v) is 4.34. The summed E-state index contributed by atoms with van der Waals surface area (Å²) in [5, 5.41) is 5.95. The maximum atomic E-state index is 11.5. The van der Waals surface area contributed by atoms with Crippen molar-refractivity contribution < 1.29 is 9.53 Å². The minimum Gasteiger partial charge on any atom is -0.479 e. The van der Waals surface area contributed by atoms with Crippen molar-refractivity contribution in [2.45, 2.75) is 19.1 Å². The third-order valence-electron chi connectivity index (χ3n) is 2.78. The molecule has 2 atom stereocenters. The fourth-order valence-electron chi connectivity index (χ4n) is 1.65. The number of rotatable bonds is 4. The van der Waals surface area contributed by atoms with E-state index >= 15 is 0 Å². The van der Waals surface area contributed by atoms with E-state index in [0.29, 0.717) is 24.5 Å². The molecule has 18 heavy (non-hydrogen) atoms. The fourth-order valence-corrected chi connectivity index (χ4v) is 1.65. The zero-order valence-electron chi connectivity index (χ0n) is 10.3. The predicted octanol–water partition coefficient (Wildman–Crippen LogP) is 0.104. The minimum absolute atomic E-state index is 0.0908. The van der Waals surface area contributed by atoms with Gasteiger partial charge in [-0.2, -0.15) is 0 Å². The normalized spacial score (nSPS) is 19.5. The molecular weight excluding hydrogens is 232 g/mol. The van der Waals surface area contributed by atoms with E-state index in [0.717, 1.165) is 5.69 Å². The lowest BCUT2D eigenvalue weighted by Gasteiger charge is -2.24. The molecule has 2 unspecified atom stereocenters. The van der Waals surface area contributed by atoms with E-state index in [1.807, 2.05) is 18.2 Å². The van der Waals surface area contributed by atoms with Gasteiger partial charge in [-0.05, 0) is 25.1 Å². The SMILES string of the molecule is CC1Oc2ccc(NCC(N)CN)cc2NC1=O. The van der Waals surface area contributed by atoms with Crippen LogP contribution in [0, 0.1) is 0 Å². The van der Waals surface area contributed by atoms with Gasteiger partial charge in [-0.3, -0.25) is 4.79 Å². The van der Waals surface area contributed by atoms with Crippen molar-refractivity contribution in [3.8, 4) is 5.75 Å². The van der Waals surface area contributed by atoms with Gasteiger partial charge in [0.15, 0.2) is 6.10 Å². The molecule has 0 saturated carbocycles. The molecular formula is C12H18N4O2. The molecule has 1 aromatic carbocycles. The number of hydrogen-bond donors (Lipinski definition) is 4. The smallest absolute Gasteiger partial charge is 0.265 e. The zero-order chi connectivity index (χ0) is 13.1. The fraction of sp³-hybridized carbons (Fsp3) is 0.417. The van der Waals surface area contributed by atoms with Gasteiger partial charge in [0.1, 0.15) is 5.75 Å².